The van der Waals surface area contributed by atoms with Gasteiger partial charge in [-0.15, -0.1) is 10.2 Å². The number of hydrogen-bond donors (Lipinski definition) is 1. The predicted octanol–water partition coefficient (Wildman–Crippen LogP) is 4.20. The van der Waals surface area contributed by atoms with E-state index in [0.717, 1.165) is 48.3 Å². The van der Waals surface area contributed by atoms with E-state index in [1.807, 2.05) is 24.3 Å². The highest BCUT2D eigenvalue weighted by Gasteiger charge is 2.32. The molecule has 1 saturated heterocycles. The average molecular weight is 437 g/mol. The maximum Gasteiger partial charge on any atom is 0.234 e. The van der Waals surface area contributed by atoms with E-state index < -0.39 is 0 Å². The number of furan rings is 1. The zero-order valence-electron chi connectivity index (χ0n) is 17.4. The van der Waals surface area contributed by atoms with Gasteiger partial charge in [0.05, 0.1) is 5.75 Å². The lowest BCUT2D eigenvalue weighted by Gasteiger charge is -2.31. The summed E-state index contributed by atoms with van der Waals surface area (Å²) in [4.78, 5) is 15.0. The van der Waals surface area contributed by atoms with Crippen LogP contribution in [0.15, 0.2) is 33.8 Å². The summed E-state index contributed by atoms with van der Waals surface area (Å²) in [7, 11) is 0. The van der Waals surface area contributed by atoms with E-state index in [2.05, 4.69) is 31.9 Å². The second kappa shape index (κ2) is 8.27. The number of hydrogen-bond acceptors (Lipinski definition) is 7. The van der Waals surface area contributed by atoms with Crippen LogP contribution < -0.4 is 10.2 Å². The highest BCUT2D eigenvalue weighted by atomic mass is 32.2. The summed E-state index contributed by atoms with van der Waals surface area (Å²) in [6.45, 7) is 4.30. The van der Waals surface area contributed by atoms with Crippen molar-refractivity contribution in [1.82, 2.24) is 14.8 Å². The fourth-order valence-electron chi connectivity index (χ4n) is 4.00. The first kappa shape index (κ1) is 19.9. The number of rotatable bonds is 6. The van der Waals surface area contributed by atoms with E-state index in [-0.39, 0.29) is 17.4 Å². The van der Waals surface area contributed by atoms with Crippen molar-refractivity contribution in [3.8, 4) is 6.07 Å². The van der Waals surface area contributed by atoms with E-state index in [1.165, 1.54) is 24.6 Å². The highest BCUT2D eigenvalue weighted by molar-refractivity contribution is 7.99. The number of nitrogens with one attached hydrogen (secondary N) is 1. The molecule has 2 aliphatic rings. The number of amides is 1. The van der Waals surface area contributed by atoms with Crippen LogP contribution in [0.1, 0.15) is 44.4 Å². The fourth-order valence-corrected chi connectivity index (χ4v) is 4.80. The Labute approximate surface area is 184 Å². The Balaban J connectivity index is 1.30. The van der Waals surface area contributed by atoms with Gasteiger partial charge in [-0.3, -0.25) is 9.36 Å². The van der Waals surface area contributed by atoms with Crippen LogP contribution in [-0.2, 0) is 4.79 Å². The zero-order chi connectivity index (χ0) is 21.4. The van der Waals surface area contributed by atoms with Crippen LogP contribution in [0, 0.1) is 17.2 Å². The molecule has 160 valence electrons. The highest BCUT2D eigenvalue weighted by Crippen LogP contribution is 2.41. The Morgan fingerprint density at radius 1 is 1.26 bits per heavy atom. The third-order valence-corrected chi connectivity index (χ3v) is 6.86. The number of nitrogens with zero attached hydrogens (tertiary/aromatic N) is 5. The Kier molecular flexibility index (Phi) is 5.32. The Morgan fingerprint density at radius 3 is 2.77 bits per heavy atom. The van der Waals surface area contributed by atoms with Crippen LogP contribution in [0.4, 0.5) is 11.6 Å². The SMILES string of the molecule is CC1CCN(c2nnc(SCC(=O)Nc3c(C#N)oc4ccccc34)n2C2CC2)CC1. The van der Waals surface area contributed by atoms with Crippen molar-refractivity contribution in [3.05, 3.63) is 30.0 Å². The van der Waals surface area contributed by atoms with Gasteiger partial charge in [0.25, 0.3) is 0 Å². The average Bonchev–Trinajstić information content (AvgIpc) is 3.44. The summed E-state index contributed by atoms with van der Waals surface area (Å²) in [6, 6.07) is 9.74. The smallest absolute Gasteiger partial charge is 0.234 e. The van der Waals surface area contributed by atoms with Crippen molar-refractivity contribution < 1.29 is 9.21 Å². The first-order valence-electron chi connectivity index (χ1n) is 10.7. The van der Waals surface area contributed by atoms with Crippen molar-refractivity contribution in [2.45, 2.75) is 43.8 Å². The van der Waals surface area contributed by atoms with Crippen molar-refractivity contribution in [3.63, 3.8) is 0 Å². The van der Waals surface area contributed by atoms with Crippen LogP contribution in [-0.4, -0.2) is 39.5 Å². The molecule has 9 heteroatoms. The molecule has 1 aliphatic carbocycles. The summed E-state index contributed by atoms with van der Waals surface area (Å²) >= 11 is 1.39. The quantitative estimate of drug-likeness (QED) is 0.578. The molecule has 0 spiro atoms. The summed E-state index contributed by atoms with van der Waals surface area (Å²) in [5.41, 5.74) is 1.01. The van der Waals surface area contributed by atoms with Crippen LogP contribution in [0.25, 0.3) is 11.0 Å². The van der Waals surface area contributed by atoms with Crippen LogP contribution >= 0.6 is 11.8 Å². The van der Waals surface area contributed by atoms with E-state index in [9.17, 15) is 10.1 Å². The molecule has 1 aliphatic heterocycles. The topological polar surface area (TPSA) is 100.0 Å². The second-order valence-corrected chi connectivity index (χ2v) is 9.25. The maximum absolute atomic E-state index is 12.7. The molecular weight excluding hydrogens is 412 g/mol. The van der Waals surface area contributed by atoms with Crippen molar-refractivity contribution >= 4 is 40.3 Å². The summed E-state index contributed by atoms with van der Waals surface area (Å²) in [6.07, 6.45) is 4.59. The first-order chi connectivity index (χ1) is 15.1. The van der Waals surface area contributed by atoms with Gasteiger partial charge >= 0.3 is 0 Å². The second-order valence-electron chi connectivity index (χ2n) is 8.30. The first-order valence-corrected chi connectivity index (χ1v) is 11.7. The normalized spacial score (nSPS) is 17.1. The Hall–Kier alpha value is -2.99. The lowest BCUT2D eigenvalue weighted by atomic mass is 10.00. The third-order valence-electron chi connectivity index (χ3n) is 5.92. The van der Waals surface area contributed by atoms with Crippen LogP contribution in [0.5, 0.6) is 0 Å². The standard InChI is InChI=1S/C22H24N6O2S/c1-14-8-10-27(11-9-14)21-25-26-22(28(21)15-6-7-15)31-13-19(29)24-20-16-4-2-3-5-17(16)30-18(20)12-23/h2-5,14-15H,6-11,13H2,1H3,(H,24,29). The van der Waals surface area contributed by atoms with E-state index in [4.69, 9.17) is 4.42 Å². The Bertz CT molecular complexity index is 1150. The summed E-state index contributed by atoms with van der Waals surface area (Å²) in [5, 5.41) is 22.6. The number of para-hydroxylation sites is 1. The Morgan fingerprint density at radius 2 is 2.03 bits per heavy atom. The van der Waals surface area contributed by atoms with Gasteiger partial charge in [0.15, 0.2) is 5.16 Å². The number of nitriles is 1. The van der Waals surface area contributed by atoms with Crippen LogP contribution in [0.2, 0.25) is 0 Å². The van der Waals surface area contributed by atoms with Crippen molar-refractivity contribution in [2.24, 2.45) is 5.92 Å². The number of carbonyl (C=O) groups is 1. The molecule has 0 atom stereocenters. The van der Waals surface area contributed by atoms with Gasteiger partial charge in [-0.1, -0.05) is 30.8 Å². The van der Waals surface area contributed by atoms with Crippen molar-refractivity contribution in [1.29, 1.82) is 5.26 Å². The van der Waals surface area contributed by atoms with Gasteiger partial charge in [0.1, 0.15) is 17.3 Å². The summed E-state index contributed by atoms with van der Waals surface area (Å²) in [5.74, 6) is 1.79. The van der Waals surface area contributed by atoms with Gasteiger partial charge < -0.3 is 14.6 Å². The number of aromatic nitrogens is 3. The number of benzene rings is 1. The number of anilines is 2. The van der Waals surface area contributed by atoms with Gasteiger partial charge in [0.2, 0.25) is 17.6 Å². The molecule has 1 aromatic carbocycles. The molecule has 1 N–H and O–H groups in total. The van der Waals surface area contributed by atoms with E-state index in [0.29, 0.717) is 17.3 Å². The summed E-state index contributed by atoms with van der Waals surface area (Å²) < 4.78 is 7.74. The van der Waals surface area contributed by atoms with Gasteiger partial charge in [-0.05, 0) is 43.7 Å². The van der Waals surface area contributed by atoms with Gasteiger partial charge in [0, 0.05) is 24.5 Å². The number of piperidine rings is 1. The van der Waals surface area contributed by atoms with Crippen molar-refractivity contribution in [2.75, 3.05) is 29.1 Å². The molecule has 0 unspecified atom stereocenters. The minimum Gasteiger partial charge on any atom is -0.443 e. The van der Waals surface area contributed by atoms with Gasteiger partial charge in [-0.2, -0.15) is 5.26 Å². The monoisotopic (exact) mass is 436 g/mol. The maximum atomic E-state index is 12.7. The molecule has 2 aromatic heterocycles. The molecule has 3 heterocycles. The fraction of sp³-hybridized carbons (Fsp3) is 0.455. The van der Waals surface area contributed by atoms with E-state index in [1.54, 1.807) is 6.07 Å². The third kappa shape index (κ3) is 4.00. The molecule has 1 saturated carbocycles. The number of carbonyl (C=O) groups excluding carboxylic acids is 1. The lowest BCUT2D eigenvalue weighted by molar-refractivity contribution is -0.113. The molecule has 5 rings (SSSR count). The molecular formula is C22H24N6O2S. The minimum absolute atomic E-state index is 0.113. The minimum atomic E-state index is -0.202. The largest absolute Gasteiger partial charge is 0.443 e. The molecule has 1 amide bonds. The molecule has 31 heavy (non-hydrogen) atoms. The number of thioether (sulfide) groups is 1. The molecule has 2 fully saturated rings. The van der Waals surface area contributed by atoms with Crippen LogP contribution in [0.3, 0.4) is 0 Å². The zero-order valence-corrected chi connectivity index (χ0v) is 18.2. The number of fused-ring (bicyclic) bond motifs is 1. The lowest BCUT2D eigenvalue weighted by Crippen LogP contribution is -2.34. The molecule has 3 aromatic rings. The van der Waals surface area contributed by atoms with Gasteiger partial charge in [-0.25, -0.2) is 0 Å². The molecule has 8 nitrogen and oxygen atoms in total. The molecule has 0 radical (unpaired) electrons. The molecule has 0 bridgehead atoms. The van der Waals surface area contributed by atoms with E-state index >= 15 is 0 Å². The predicted molar refractivity (Wildman–Crippen MR) is 119 cm³/mol.